The van der Waals surface area contributed by atoms with E-state index in [1.165, 1.54) is 0 Å². The van der Waals surface area contributed by atoms with E-state index in [1.807, 2.05) is 0 Å². The van der Waals surface area contributed by atoms with Crippen LogP contribution in [0.5, 0.6) is 0 Å². The fraction of sp³-hybridized carbons (Fsp3) is 1.00. The third-order valence-electron chi connectivity index (χ3n) is 0.104. The van der Waals surface area contributed by atoms with Gasteiger partial charge in [-0.3, -0.25) is 0 Å². The van der Waals surface area contributed by atoms with Crippen LogP contribution in [0.4, 0.5) is 0 Å². The topological polar surface area (TPSA) is 0 Å². The second-order valence-corrected chi connectivity index (χ2v) is 6.68. The summed E-state index contributed by atoms with van der Waals surface area (Å²) in [5.41, 5.74) is 0. The van der Waals surface area contributed by atoms with Crippen molar-refractivity contribution in [1.29, 1.82) is 0 Å². The molecule has 0 atom stereocenters. The van der Waals surface area contributed by atoms with Gasteiger partial charge >= 0.3 is 61.4 Å². The molecule has 30 valence electrons. The van der Waals surface area contributed by atoms with Gasteiger partial charge in [0.05, 0.1) is 0 Å². The summed E-state index contributed by atoms with van der Waals surface area (Å²) in [5.74, 6) is 0. The standard InChI is InChI=1S/CH2BI2S/c2-5(4)1-3/h1H2/q-1. The zero-order valence-corrected chi connectivity index (χ0v) is 7.58. The second-order valence-electron chi connectivity index (χ2n) is 0.474. The molecule has 0 heterocycles. The van der Waals surface area contributed by atoms with E-state index in [0.29, 0.717) is 0 Å². The summed E-state index contributed by atoms with van der Waals surface area (Å²) < 4.78 is 1.07. The summed E-state index contributed by atoms with van der Waals surface area (Å²) >= 11 is 4.46. The van der Waals surface area contributed by atoms with E-state index in [0.717, 1.165) is 3.76 Å². The predicted octanol–water partition coefficient (Wildman–Crippen LogP) is 1.43. The zero-order chi connectivity index (χ0) is 4.28. The molecule has 0 unspecified atom stereocenters. The fourth-order valence-corrected chi connectivity index (χ4v) is 0. The van der Waals surface area contributed by atoms with E-state index >= 15 is 0 Å². The Bertz CT molecular complexity index is 71.5. The number of halogens is 2. The van der Waals surface area contributed by atoms with Gasteiger partial charge in [-0.05, 0) is 0 Å². The first kappa shape index (κ1) is 6.87. The average Bonchev–Trinajstić information content (AvgIpc) is 1.38. The number of alkyl halides is 1. The van der Waals surface area contributed by atoms with Crippen molar-refractivity contribution < 1.29 is 0 Å². The number of hydrogen-bond donors (Lipinski definition) is 0. The van der Waals surface area contributed by atoms with Gasteiger partial charge in [-0.15, -0.1) is 0 Å². The van der Waals surface area contributed by atoms with Gasteiger partial charge in [-0.1, -0.05) is 0 Å². The van der Waals surface area contributed by atoms with Crippen LogP contribution < -0.4 is 0 Å². The monoisotopic (exact) mass is 311 g/mol. The van der Waals surface area contributed by atoms with Crippen LogP contribution in [0, 0.1) is 0 Å². The molecule has 0 saturated heterocycles. The number of hydrogen-bond acceptors (Lipinski definition) is 1. The van der Waals surface area contributed by atoms with Crippen molar-refractivity contribution >= 4 is 57.6 Å². The van der Waals surface area contributed by atoms with Gasteiger partial charge in [0.1, 0.15) is 0 Å². The van der Waals surface area contributed by atoms with Gasteiger partial charge in [0.15, 0.2) is 0 Å². The first-order valence-electron chi connectivity index (χ1n) is 0.946. The van der Waals surface area contributed by atoms with Crippen LogP contribution in [0.25, 0.3) is 0 Å². The van der Waals surface area contributed by atoms with Crippen molar-refractivity contribution in [1.82, 2.24) is 0 Å². The van der Waals surface area contributed by atoms with Crippen LogP contribution in [-0.2, 0) is 7.30 Å². The Morgan fingerprint density at radius 3 is 2.00 bits per heavy atom. The van der Waals surface area contributed by atoms with Crippen LogP contribution in [0.2, 0.25) is 0 Å². The maximum atomic E-state index is 5.30. The van der Waals surface area contributed by atoms with E-state index in [9.17, 15) is 0 Å². The molecule has 0 amide bonds. The average molecular weight is 311 g/mol. The van der Waals surface area contributed by atoms with E-state index < -0.39 is 0 Å². The summed E-state index contributed by atoms with van der Waals surface area (Å²) in [6.07, 6.45) is 0. The Kier molecular flexibility index (Phi) is 5.56. The fourth-order valence-electron chi connectivity index (χ4n) is 0. The SMILES string of the molecule is B#[S-](I)CI. The third kappa shape index (κ3) is 5.87. The molecule has 0 spiro atoms. The van der Waals surface area contributed by atoms with E-state index in [1.54, 1.807) is 0 Å². The Morgan fingerprint density at radius 1 is 1.80 bits per heavy atom. The van der Waals surface area contributed by atoms with Crippen molar-refractivity contribution in [3.05, 3.63) is 0 Å². The molecule has 5 heavy (non-hydrogen) atoms. The van der Waals surface area contributed by atoms with Gasteiger partial charge in [0, 0.05) is 0 Å². The Hall–Kier alpha value is 1.87. The van der Waals surface area contributed by atoms with E-state index in [2.05, 4.69) is 43.8 Å². The van der Waals surface area contributed by atoms with Gasteiger partial charge < -0.3 is 0 Å². The quantitative estimate of drug-likeness (QED) is 0.275. The summed E-state index contributed by atoms with van der Waals surface area (Å²) in [7, 11) is 0.134. The predicted molar refractivity (Wildman–Crippen MR) is 46.0 cm³/mol. The van der Waals surface area contributed by atoms with Crippen LogP contribution >= 0.6 is 43.8 Å². The molecule has 0 saturated carbocycles. The van der Waals surface area contributed by atoms with Crippen LogP contribution in [0.15, 0.2) is 0 Å². The van der Waals surface area contributed by atoms with Crippen LogP contribution in [0.3, 0.4) is 0 Å². The van der Waals surface area contributed by atoms with E-state index in [-0.39, 0.29) is 7.30 Å². The molecular weight excluding hydrogens is 309 g/mol. The molecule has 0 aromatic heterocycles. The van der Waals surface area contributed by atoms with Crippen molar-refractivity contribution in [3.63, 3.8) is 0 Å². The number of rotatable bonds is 0. The summed E-state index contributed by atoms with van der Waals surface area (Å²) in [6, 6.07) is 0. The minimum atomic E-state index is 0.134. The van der Waals surface area contributed by atoms with Gasteiger partial charge in [0.2, 0.25) is 0 Å². The molecule has 0 aliphatic rings. The summed E-state index contributed by atoms with van der Waals surface area (Å²) in [6.45, 7) is 5.30. The molecule has 0 aliphatic heterocycles. The molecule has 0 aromatic carbocycles. The molecular formula is CH2BI2S-. The summed E-state index contributed by atoms with van der Waals surface area (Å²) in [4.78, 5) is 0. The maximum absolute atomic E-state index is 5.30. The Labute approximate surface area is 60.6 Å². The summed E-state index contributed by atoms with van der Waals surface area (Å²) in [5, 5.41) is 0. The molecule has 0 nitrogen and oxygen atoms in total. The van der Waals surface area contributed by atoms with E-state index in [4.69, 9.17) is 6.53 Å². The second kappa shape index (κ2) is 4.05. The Balaban J connectivity index is 2.97. The molecule has 0 radical (unpaired) electrons. The first-order valence-corrected chi connectivity index (χ1v) is 6.47. The molecule has 4 heteroatoms. The molecule has 0 aromatic rings. The van der Waals surface area contributed by atoms with Crippen molar-refractivity contribution in [2.45, 2.75) is 0 Å². The van der Waals surface area contributed by atoms with Crippen molar-refractivity contribution in [2.75, 3.05) is 3.76 Å². The third-order valence-corrected chi connectivity index (χ3v) is 6.84. The van der Waals surface area contributed by atoms with Crippen LogP contribution in [0.1, 0.15) is 0 Å². The molecule has 0 N–H and O–H groups in total. The van der Waals surface area contributed by atoms with Crippen molar-refractivity contribution in [2.24, 2.45) is 0 Å². The molecule has 0 aliphatic carbocycles. The van der Waals surface area contributed by atoms with Crippen LogP contribution in [-0.4, -0.2) is 10.3 Å². The minimum absolute atomic E-state index is 0.134. The van der Waals surface area contributed by atoms with Gasteiger partial charge in [-0.25, -0.2) is 0 Å². The molecule has 0 rings (SSSR count). The van der Waals surface area contributed by atoms with Gasteiger partial charge in [-0.2, -0.15) is 0 Å². The molecule has 0 fully saturated rings. The van der Waals surface area contributed by atoms with Gasteiger partial charge in [0.25, 0.3) is 0 Å². The Morgan fingerprint density at radius 2 is 2.00 bits per heavy atom. The first-order chi connectivity index (χ1) is 2.27. The zero-order valence-electron chi connectivity index (χ0n) is 2.45. The van der Waals surface area contributed by atoms with Crippen molar-refractivity contribution in [3.8, 4) is 0 Å². The normalized spacial score (nSPS) is 9.80. The molecule has 0 bridgehead atoms.